The monoisotopic (exact) mass is 199 g/mol. The van der Waals surface area contributed by atoms with Gasteiger partial charge in [-0.15, -0.1) is 0 Å². The summed E-state index contributed by atoms with van der Waals surface area (Å²) in [6, 6.07) is 9.92. The summed E-state index contributed by atoms with van der Waals surface area (Å²) in [5.74, 6) is 0.765. The summed E-state index contributed by atoms with van der Waals surface area (Å²) >= 11 is 0. The number of anilines is 1. The van der Waals surface area contributed by atoms with Crippen molar-refractivity contribution in [1.29, 1.82) is 0 Å². The smallest absolute Gasteiger partial charge is 0.135 e. The molecule has 0 aliphatic carbocycles. The third-order valence-electron chi connectivity index (χ3n) is 2.31. The summed E-state index contributed by atoms with van der Waals surface area (Å²) in [6.45, 7) is 3.74. The zero-order valence-electron chi connectivity index (χ0n) is 8.62. The summed E-state index contributed by atoms with van der Waals surface area (Å²) in [6.07, 6.45) is 0. The van der Waals surface area contributed by atoms with Gasteiger partial charge in [0.1, 0.15) is 5.82 Å². The summed E-state index contributed by atoms with van der Waals surface area (Å²) in [5, 5.41) is 4.08. The lowest BCUT2D eigenvalue weighted by molar-refractivity contribution is 1.32. The van der Waals surface area contributed by atoms with Gasteiger partial charge in [-0.3, -0.25) is 0 Å². The molecule has 0 unspecified atom stereocenters. The van der Waals surface area contributed by atoms with Crippen molar-refractivity contribution in [2.24, 2.45) is 5.73 Å². The van der Waals surface area contributed by atoms with Crippen LogP contribution in [0.3, 0.4) is 0 Å². The molecule has 1 heterocycles. The van der Waals surface area contributed by atoms with E-state index in [1.54, 1.807) is 0 Å². The number of rotatable bonds is 2. The Bertz CT molecular complexity index is 517. The second-order valence-electron chi connectivity index (χ2n) is 3.35. The molecule has 0 saturated carbocycles. The largest absolute Gasteiger partial charge is 0.399 e. The van der Waals surface area contributed by atoms with Crippen molar-refractivity contribution in [3.63, 3.8) is 0 Å². The molecule has 2 aromatic rings. The molecular formula is C12H13N3. The van der Waals surface area contributed by atoms with Crippen LogP contribution in [0.1, 0.15) is 5.56 Å². The van der Waals surface area contributed by atoms with Crippen molar-refractivity contribution in [2.45, 2.75) is 0 Å². The fourth-order valence-electron chi connectivity index (χ4n) is 1.55. The SMILES string of the molecule is C=C(N)c1cc2ccccc2nc1NC. The number of hydrogen-bond donors (Lipinski definition) is 2. The average molecular weight is 199 g/mol. The Morgan fingerprint density at radius 2 is 2.13 bits per heavy atom. The number of hydrogen-bond acceptors (Lipinski definition) is 3. The molecule has 0 spiro atoms. The number of benzene rings is 1. The number of para-hydroxylation sites is 1. The Hall–Kier alpha value is -2.03. The third kappa shape index (κ3) is 1.64. The topological polar surface area (TPSA) is 50.9 Å². The maximum atomic E-state index is 5.71. The number of nitrogens with two attached hydrogens (primary N) is 1. The van der Waals surface area contributed by atoms with Crippen molar-refractivity contribution >= 4 is 22.4 Å². The van der Waals surface area contributed by atoms with Gasteiger partial charge in [0.25, 0.3) is 0 Å². The zero-order valence-corrected chi connectivity index (χ0v) is 8.62. The van der Waals surface area contributed by atoms with E-state index in [9.17, 15) is 0 Å². The van der Waals surface area contributed by atoms with Crippen LogP contribution in [0.5, 0.6) is 0 Å². The fourth-order valence-corrected chi connectivity index (χ4v) is 1.55. The molecule has 3 N–H and O–H groups in total. The number of aromatic nitrogens is 1. The zero-order chi connectivity index (χ0) is 10.8. The molecule has 0 fully saturated rings. The Kier molecular flexibility index (Phi) is 2.29. The van der Waals surface area contributed by atoms with E-state index in [1.165, 1.54) is 0 Å². The number of nitrogens with one attached hydrogen (secondary N) is 1. The first kappa shape index (κ1) is 9.52. The Balaban J connectivity index is 2.74. The normalized spacial score (nSPS) is 10.2. The highest BCUT2D eigenvalue weighted by atomic mass is 15.0. The summed E-state index contributed by atoms with van der Waals surface area (Å²) in [5.41, 5.74) is 8.04. The van der Waals surface area contributed by atoms with Gasteiger partial charge in [-0.25, -0.2) is 4.98 Å². The Morgan fingerprint density at radius 1 is 1.40 bits per heavy atom. The lowest BCUT2D eigenvalue weighted by atomic mass is 10.1. The summed E-state index contributed by atoms with van der Waals surface area (Å²) in [4.78, 5) is 4.46. The van der Waals surface area contributed by atoms with Gasteiger partial charge in [0.05, 0.1) is 5.52 Å². The van der Waals surface area contributed by atoms with Gasteiger partial charge >= 0.3 is 0 Å². The lowest BCUT2D eigenvalue weighted by Crippen LogP contribution is -2.02. The van der Waals surface area contributed by atoms with Gasteiger partial charge < -0.3 is 11.1 Å². The highest BCUT2D eigenvalue weighted by molar-refractivity contribution is 5.86. The van der Waals surface area contributed by atoms with Crippen LogP contribution < -0.4 is 11.1 Å². The maximum Gasteiger partial charge on any atom is 0.135 e. The molecule has 0 radical (unpaired) electrons. The minimum absolute atomic E-state index is 0.526. The van der Waals surface area contributed by atoms with Crippen LogP contribution in [0.4, 0.5) is 5.82 Å². The molecule has 0 bridgehead atoms. The van der Waals surface area contributed by atoms with Gasteiger partial charge in [0.2, 0.25) is 0 Å². The predicted octanol–water partition coefficient (Wildman–Crippen LogP) is 2.21. The van der Waals surface area contributed by atoms with Gasteiger partial charge in [-0.05, 0) is 12.1 Å². The Morgan fingerprint density at radius 3 is 2.80 bits per heavy atom. The van der Waals surface area contributed by atoms with Crippen molar-refractivity contribution in [3.8, 4) is 0 Å². The van der Waals surface area contributed by atoms with E-state index in [2.05, 4.69) is 16.9 Å². The highest BCUT2D eigenvalue weighted by Gasteiger charge is 2.05. The van der Waals surface area contributed by atoms with Gasteiger partial charge in [0, 0.05) is 23.7 Å². The molecule has 1 aromatic heterocycles. The standard InChI is InChI=1S/C12H13N3/c1-8(13)10-7-9-5-3-4-6-11(9)15-12(10)14-2/h3-7H,1,13H2,2H3,(H,14,15). The maximum absolute atomic E-state index is 5.71. The van der Waals surface area contributed by atoms with E-state index in [-0.39, 0.29) is 0 Å². The third-order valence-corrected chi connectivity index (χ3v) is 2.31. The first-order valence-corrected chi connectivity index (χ1v) is 4.74. The summed E-state index contributed by atoms with van der Waals surface area (Å²) in [7, 11) is 1.82. The molecule has 0 saturated heterocycles. The predicted molar refractivity (Wildman–Crippen MR) is 64.5 cm³/mol. The number of fused-ring (bicyclic) bond motifs is 1. The van der Waals surface area contributed by atoms with Crippen molar-refractivity contribution in [1.82, 2.24) is 4.98 Å². The average Bonchev–Trinajstić information content (AvgIpc) is 2.27. The van der Waals surface area contributed by atoms with Crippen LogP contribution >= 0.6 is 0 Å². The fraction of sp³-hybridized carbons (Fsp3) is 0.0833. The van der Waals surface area contributed by atoms with Crippen LogP contribution in [0.15, 0.2) is 36.9 Å². The molecule has 0 amide bonds. The lowest BCUT2D eigenvalue weighted by Gasteiger charge is -2.09. The quantitative estimate of drug-likeness (QED) is 0.779. The van der Waals surface area contributed by atoms with Crippen LogP contribution in [0.25, 0.3) is 16.6 Å². The molecule has 15 heavy (non-hydrogen) atoms. The van der Waals surface area contributed by atoms with Crippen LogP contribution in [-0.2, 0) is 0 Å². The molecule has 0 aliphatic rings. The van der Waals surface area contributed by atoms with Crippen molar-refractivity contribution < 1.29 is 0 Å². The number of pyridine rings is 1. The van der Waals surface area contributed by atoms with Crippen LogP contribution in [0, 0.1) is 0 Å². The second-order valence-corrected chi connectivity index (χ2v) is 3.35. The minimum Gasteiger partial charge on any atom is -0.399 e. The van der Waals surface area contributed by atoms with E-state index in [1.807, 2.05) is 37.4 Å². The molecule has 76 valence electrons. The van der Waals surface area contributed by atoms with Crippen LogP contribution in [-0.4, -0.2) is 12.0 Å². The first-order valence-electron chi connectivity index (χ1n) is 4.74. The molecule has 2 rings (SSSR count). The molecule has 3 nitrogen and oxygen atoms in total. The van der Waals surface area contributed by atoms with Gasteiger partial charge in [-0.1, -0.05) is 24.8 Å². The van der Waals surface area contributed by atoms with E-state index in [0.29, 0.717) is 5.70 Å². The molecular weight excluding hydrogens is 186 g/mol. The molecule has 3 heteroatoms. The van der Waals surface area contributed by atoms with E-state index in [4.69, 9.17) is 5.73 Å². The first-order chi connectivity index (χ1) is 7.22. The van der Waals surface area contributed by atoms with Crippen LogP contribution in [0.2, 0.25) is 0 Å². The van der Waals surface area contributed by atoms with Gasteiger partial charge in [0.15, 0.2) is 0 Å². The Labute approximate surface area is 88.6 Å². The minimum atomic E-state index is 0.526. The van der Waals surface area contributed by atoms with Gasteiger partial charge in [-0.2, -0.15) is 0 Å². The van der Waals surface area contributed by atoms with Crippen molar-refractivity contribution in [2.75, 3.05) is 12.4 Å². The molecule has 0 aliphatic heterocycles. The molecule has 0 atom stereocenters. The van der Waals surface area contributed by atoms with E-state index >= 15 is 0 Å². The second kappa shape index (κ2) is 3.61. The van der Waals surface area contributed by atoms with E-state index < -0.39 is 0 Å². The summed E-state index contributed by atoms with van der Waals surface area (Å²) < 4.78 is 0. The van der Waals surface area contributed by atoms with E-state index in [0.717, 1.165) is 22.3 Å². The number of nitrogens with zero attached hydrogens (tertiary/aromatic N) is 1. The molecule has 1 aromatic carbocycles. The van der Waals surface area contributed by atoms with Crippen molar-refractivity contribution in [3.05, 3.63) is 42.5 Å². The highest BCUT2D eigenvalue weighted by Crippen LogP contribution is 2.22.